The van der Waals surface area contributed by atoms with Gasteiger partial charge in [-0.1, -0.05) is 0 Å². The van der Waals surface area contributed by atoms with Gasteiger partial charge in [0.25, 0.3) is 11.8 Å². The minimum atomic E-state index is -4.43. The van der Waals surface area contributed by atoms with Crippen LogP contribution in [0.15, 0.2) is 23.2 Å². The Hall–Kier alpha value is -2.56. The van der Waals surface area contributed by atoms with Crippen molar-refractivity contribution in [1.82, 2.24) is 10.6 Å². The molecule has 6 nitrogen and oxygen atoms in total. The maximum Gasteiger partial charge on any atom is 0.416 e. The van der Waals surface area contributed by atoms with E-state index in [2.05, 4.69) is 15.6 Å². The van der Waals surface area contributed by atoms with Crippen LogP contribution in [0.1, 0.15) is 43.2 Å². The first-order valence-corrected chi connectivity index (χ1v) is 10.8. The van der Waals surface area contributed by atoms with Gasteiger partial charge in [-0.2, -0.15) is 13.2 Å². The lowest BCUT2D eigenvalue weighted by Gasteiger charge is -2.70. The monoisotopic (exact) mass is 471 g/mol. The first-order valence-electron chi connectivity index (χ1n) is 10.8. The Morgan fingerprint density at radius 2 is 1.76 bits per heavy atom. The Balaban J connectivity index is 1.09. The zero-order valence-corrected chi connectivity index (χ0v) is 17.5. The first-order chi connectivity index (χ1) is 15.4. The van der Waals surface area contributed by atoms with E-state index in [1.54, 1.807) is 0 Å². The predicted octanol–water partition coefficient (Wildman–Crippen LogP) is 3.30. The average Bonchev–Trinajstić information content (AvgIpc) is 3.29. The van der Waals surface area contributed by atoms with Gasteiger partial charge in [0.2, 0.25) is 5.91 Å². The third-order valence-corrected chi connectivity index (χ3v) is 6.88. The number of ether oxygens (including phenoxy) is 1. The van der Waals surface area contributed by atoms with Gasteiger partial charge in [-0.15, -0.1) is 0 Å². The summed E-state index contributed by atoms with van der Waals surface area (Å²) in [4.78, 5) is 28.9. The van der Waals surface area contributed by atoms with Crippen LogP contribution in [0.5, 0.6) is 0 Å². The molecule has 0 saturated heterocycles. The standard InChI is InChI=1S/C22H22F5N3O3/c23-21(24)6-14(21)7-33-8-17(31)29-19-9-20(10-19,11-19)30-18(32)16-3-1-12-5-13(22(25,26)27)2-4-15(12)28-16/h2,4-5,14H,1,3,6-11H2,(H,29,31)(H,30,32)/t14-,19?,20?/m1/s1. The molecule has 5 aliphatic rings. The second-order valence-corrected chi connectivity index (χ2v) is 9.67. The van der Waals surface area contributed by atoms with E-state index in [4.69, 9.17) is 4.74 Å². The summed E-state index contributed by atoms with van der Waals surface area (Å²) in [6, 6.07) is 3.31. The lowest BCUT2D eigenvalue weighted by molar-refractivity contribution is -0.149. The van der Waals surface area contributed by atoms with E-state index >= 15 is 0 Å². The molecule has 2 bridgehead atoms. The molecule has 1 aliphatic heterocycles. The number of alkyl halides is 5. The van der Waals surface area contributed by atoms with Crippen LogP contribution >= 0.6 is 0 Å². The summed E-state index contributed by atoms with van der Waals surface area (Å²) >= 11 is 0. The van der Waals surface area contributed by atoms with Crippen molar-refractivity contribution >= 4 is 23.2 Å². The molecule has 2 N–H and O–H groups in total. The molecule has 11 heteroatoms. The van der Waals surface area contributed by atoms with E-state index in [0.717, 1.165) is 12.1 Å². The summed E-state index contributed by atoms with van der Waals surface area (Å²) in [5.74, 6) is -4.20. The Kier molecular flexibility index (Phi) is 4.86. The highest BCUT2D eigenvalue weighted by Crippen LogP contribution is 2.60. The zero-order chi connectivity index (χ0) is 23.6. The largest absolute Gasteiger partial charge is 0.416 e. The van der Waals surface area contributed by atoms with Gasteiger partial charge in [-0.25, -0.2) is 13.8 Å². The summed E-state index contributed by atoms with van der Waals surface area (Å²) in [5.41, 5.74) is -0.473. The number of nitrogens with one attached hydrogen (secondary N) is 2. The molecule has 0 aromatic heterocycles. The number of hydrogen-bond acceptors (Lipinski definition) is 4. The number of benzene rings is 1. The van der Waals surface area contributed by atoms with Crippen molar-refractivity contribution in [2.24, 2.45) is 10.9 Å². The van der Waals surface area contributed by atoms with Gasteiger partial charge in [-0.05, 0) is 55.9 Å². The van der Waals surface area contributed by atoms with Crippen molar-refractivity contribution in [3.63, 3.8) is 0 Å². The summed E-state index contributed by atoms with van der Waals surface area (Å²) in [6.45, 7) is -0.421. The summed E-state index contributed by atoms with van der Waals surface area (Å²) in [5, 5.41) is 5.81. The molecule has 1 aromatic rings. The fraction of sp³-hybridized carbons (Fsp3) is 0.591. The Morgan fingerprint density at radius 3 is 2.39 bits per heavy atom. The molecule has 4 fully saturated rings. The van der Waals surface area contributed by atoms with Crippen LogP contribution in [0.25, 0.3) is 0 Å². The molecule has 33 heavy (non-hydrogen) atoms. The van der Waals surface area contributed by atoms with Crippen LogP contribution in [0.4, 0.5) is 27.6 Å². The van der Waals surface area contributed by atoms with Gasteiger partial charge < -0.3 is 15.4 Å². The van der Waals surface area contributed by atoms with E-state index < -0.39 is 34.7 Å². The van der Waals surface area contributed by atoms with Gasteiger partial charge in [0, 0.05) is 17.5 Å². The summed E-state index contributed by atoms with van der Waals surface area (Å²) in [7, 11) is 0. The van der Waals surface area contributed by atoms with E-state index in [0.29, 0.717) is 36.9 Å². The molecule has 1 aromatic carbocycles. The van der Waals surface area contributed by atoms with Crippen LogP contribution < -0.4 is 10.6 Å². The van der Waals surface area contributed by atoms with Gasteiger partial charge in [0.15, 0.2) is 0 Å². The van der Waals surface area contributed by atoms with Crippen LogP contribution in [0, 0.1) is 5.92 Å². The normalized spacial score (nSPS) is 30.8. The first kappa shape index (κ1) is 22.2. The van der Waals surface area contributed by atoms with Crippen molar-refractivity contribution in [2.45, 2.75) is 61.7 Å². The number of carbonyl (C=O) groups excluding carboxylic acids is 2. The lowest BCUT2D eigenvalue weighted by atomic mass is 9.44. The number of aliphatic imine (C=N–C) groups is 1. The summed E-state index contributed by atoms with van der Waals surface area (Å²) < 4.78 is 69.3. The fourth-order valence-electron chi connectivity index (χ4n) is 5.13. The van der Waals surface area contributed by atoms with Crippen molar-refractivity contribution in [3.8, 4) is 0 Å². The quantitative estimate of drug-likeness (QED) is 0.599. The number of amides is 2. The third kappa shape index (κ3) is 4.22. The molecule has 2 amide bonds. The Labute approximate surface area is 186 Å². The molecule has 6 rings (SSSR count). The minimum absolute atomic E-state index is 0.143. The molecular formula is C22H22F5N3O3. The SMILES string of the molecule is O=C(COC[C@H]1CC1(F)F)NC12CC(NC(=O)C3=Nc4ccc(C(F)(F)F)cc4CC3)(C1)C2. The smallest absolute Gasteiger partial charge is 0.371 e. The lowest BCUT2D eigenvalue weighted by Crippen LogP contribution is -2.84. The number of fused-ring (bicyclic) bond motifs is 1. The van der Waals surface area contributed by atoms with Crippen molar-refractivity contribution < 1.29 is 36.3 Å². The molecule has 4 saturated carbocycles. The minimum Gasteiger partial charge on any atom is -0.371 e. The fourth-order valence-corrected chi connectivity index (χ4v) is 5.13. The second-order valence-electron chi connectivity index (χ2n) is 9.67. The van der Waals surface area contributed by atoms with E-state index in [9.17, 15) is 31.5 Å². The average molecular weight is 471 g/mol. The molecule has 0 unspecified atom stereocenters. The highest BCUT2D eigenvalue weighted by Gasteiger charge is 2.69. The van der Waals surface area contributed by atoms with Gasteiger partial charge in [0.05, 0.1) is 23.8 Å². The molecular weight excluding hydrogens is 449 g/mol. The highest BCUT2D eigenvalue weighted by molar-refractivity contribution is 6.40. The molecule has 4 aliphatic carbocycles. The number of hydrogen-bond donors (Lipinski definition) is 2. The van der Waals surface area contributed by atoms with E-state index in [1.807, 2.05) is 0 Å². The van der Waals surface area contributed by atoms with Gasteiger partial charge in [-0.3, -0.25) is 9.59 Å². The number of halogens is 5. The molecule has 1 heterocycles. The van der Waals surface area contributed by atoms with E-state index in [1.165, 1.54) is 6.07 Å². The predicted molar refractivity (Wildman–Crippen MR) is 106 cm³/mol. The van der Waals surface area contributed by atoms with Crippen molar-refractivity contribution in [2.75, 3.05) is 13.2 Å². The summed E-state index contributed by atoms with van der Waals surface area (Å²) in [6.07, 6.45) is -2.43. The molecule has 0 radical (unpaired) electrons. The molecule has 178 valence electrons. The maximum absolute atomic E-state index is 12.9. The van der Waals surface area contributed by atoms with Gasteiger partial charge in [0.1, 0.15) is 12.3 Å². The van der Waals surface area contributed by atoms with E-state index in [-0.39, 0.29) is 43.6 Å². The van der Waals surface area contributed by atoms with Crippen molar-refractivity contribution in [3.05, 3.63) is 29.3 Å². The number of aryl methyl sites for hydroxylation is 1. The van der Waals surface area contributed by atoms with Crippen molar-refractivity contribution in [1.29, 1.82) is 0 Å². The zero-order valence-electron chi connectivity index (χ0n) is 17.5. The van der Waals surface area contributed by atoms with Gasteiger partial charge >= 0.3 is 6.18 Å². The third-order valence-electron chi connectivity index (χ3n) is 6.88. The highest BCUT2D eigenvalue weighted by atomic mass is 19.4. The number of rotatable bonds is 7. The Bertz CT molecular complexity index is 1030. The van der Waals surface area contributed by atoms with Crippen LogP contribution in [0.3, 0.4) is 0 Å². The number of carbonyl (C=O) groups is 2. The Morgan fingerprint density at radius 1 is 1.09 bits per heavy atom. The maximum atomic E-state index is 12.9. The van der Waals surface area contributed by atoms with Crippen LogP contribution in [0.2, 0.25) is 0 Å². The van der Waals surface area contributed by atoms with Crippen LogP contribution in [-0.2, 0) is 26.9 Å². The topological polar surface area (TPSA) is 79.8 Å². The van der Waals surface area contributed by atoms with Crippen LogP contribution in [-0.4, -0.2) is 47.7 Å². The second kappa shape index (κ2) is 7.22. The molecule has 0 spiro atoms. The number of nitrogens with zero attached hydrogens (tertiary/aromatic N) is 1. The molecule has 1 atom stereocenters.